The van der Waals surface area contributed by atoms with Crippen LogP contribution in [0, 0.1) is 0 Å². The second-order valence-corrected chi connectivity index (χ2v) is 6.86. The number of carbonyl (C=O) groups excluding carboxylic acids is 1. The molecule has 0 bridgehead atoms. The lowest BCUT2D eigenvalue weighted by atomic mass is 9.99. The number of rotatable bonds is 1. The summed E-state index contributed by atoms with van der Waals surface area (Å²) in [5.74, 6) is 0. The molecule has 3 nitrogen and oxygen atoms in total. The van der Waals surface area contributed by atoms with Gasteiger partial charge in [-0.1, -0.05) is 28.1 Å². The predicted molar refractivity (Wildman–Crippen MR) is 84.3 cm³/mol. The fourth-order valence-electron chi connectivity index (χ4n) is 2.13. The van der Waals surface area contributed by atoms with Gasteiger partial charge in [-0.15, -0.1) is 0 Å². The zero-order valence-electron chi connectivity index (χ0n) is 12.1. The van der Waals surface area contributed by atoms with Gasteiger partial charge in [-0.2, -0.15) is 0 Å². The molecule has 108 valence electrons. The topological polar surface area (TPSA) is 29.5 Å². The van der Waals surface area contributed by atoms with Crippen molar-refractivity contribution in [2.45, 2.75) is 39.2 Å². The maximum atomic E-state index is 12.1. The van der Waals surface area contributed by atoms with Crippen LogP contribution in [0.15, 0.2) is 34.9 Å². The summed E-state index contributed by atoms with van der Waals surface area (Å²) < 4.78 is 6.46. The first-order valence-corrected chi connectivity index (χ1v) is 7.61. The lowest BCUT2D eigenvalue weighted by molar-refractivity contribution is 0.0329. The summed E-state index contributed by atoms with van der Waals surface area (Å²) in [7, 11) is 0. The van der Waals surface area contributed by atoms with E-state index < -0.39 is 5.60 Å². The van der Waals surface area contributed by atoms with Crippen LogP contribution >= 0.6 is 15.9 Å². The SMILES string of the molecule is CC(C)(C)OC(=O)N1C=C(c2cccc(Br)c2)CCC1. The quantitative estimate of drug-likeness (QED) is 0.735. The van der Waals surface area contributed by atoms with E-state index in [0.29, 0.717) is 6.54 Å². The molecule has 1 aliphatic heterocycles. The molecular weight excluding hydrogens is 318 g/mol. The molecule has 0 saturated heterocycles. The fraction of sp³-hybridized carbons (Fsp3) is 0.438. The first kappa shape index (κ1) is 15.1. The molecule has 0 radical (unpaired) electrons. The van der Waals surface area contributed by atoms with Gasteiger partial charge in [0.25, 0.3) is 0 Å². The number of halogens is 1. The van der Waals surface area contributed by atoms with Crippen LogP contribution in [-0.4, -0.2) is 23.1 Å². The van der Waals surface area contributed by atoms with Crippen molar-refractivity contribution in [3.63, 3.8) is 0 Å². The molecule has 20 heavy (non-hydrogen) atoms. The number of nitrogens with zero attached hydrogens (tertiary/aromatic N) is 1. The van der Waals surface area contributed by atoms with Crippen molar-refractivity contribution >= 4 is 27.6 Å². The summed E-state index contributed by atoms with van der Waals surface area (Å²) in [5, 5.41) is 0. The molecule has 1 heterocycles. The van der Waals surface area contributed by atoms with E-state index in [9.17, 15) is 4.79 Å². The number of allylic oxidation sites excluding steroid dienone is 1. The number of carbonyl (C=O) groups is 1. The monoisotopic (exact) mass is 337 g/mol. The second kappa shape index (κ2) is 6.00. The van der Waals surface area contributed by atoms with Gasteiger partial charge in [-0.3, -0.25) is 4.90 Å². The highest BCUT2D eigenvalue weighted by Crippen LogP contribution is 2.27. The smallest absolute Gasteiger partial charge is 0.414 e. The Balaban J connectivity index is 2.17. The molecule has 1 aromatic carbocycles. The first-order valence-electron chi connectivity index (χ1n) is 6.81. The zero-order chi connectivity index (χ0) is 14.8. The fourth-order valence-corrected chi connectivity index (χ4v) is 2.53. The third kappa shape index (κ3) is 4.10. The van der Waals surface area contributed by atoms with Crippen LogP contribution in [-0.2, 0) is 4.74 Å². The molecule has 1 aromatic rings. The summed E-state index contributed by atoms with van der Waals surface area (Å²) >= 11 is 3.48. The Kier molecular flexibility index (Phi) is 4.53. The second-order valence-electron chi connectivity index (χ2n) is 5.94. The Morgan fingerprint density at radius 1 is 1.35 bits per heavy atom. The van der Waals surface area contributed by atoms with Crippen LogP contribution in [0.2, 0.25) is 0 Å². The van der Waals surface area contributed by atoms with Gasteiger partial charge >= 0.3 is 6.09 Å². The van der Waals surface area contributed by atoms with Gasteiger partial charge in [-0.25, -0.2) is 4.79 Å². The third-order valence-electron chi connectivity index (χ3n) is 2.98. The van der Waals surface area contributed by atoms with Crippen LogP contribution in [0.1, 0.15) is 39.2 Å². The highest BCUT2D eigenvalue weighted by Gasteiger charge is 2.23. The average molecular weight is 338 g/mol. The number of hydrogen-bond donors (Lipinski definition) is 0. The highest BCUT2D eigenvalue weighted by molar-refractivity contribution is 9.10. The Labute approximate surface area is 128 Å². The number of ether oxygens (including phenoxy) is 1. The van der Waals surface area contributed by atoms with Gasteiger partial charge in [0.1, 0.15) is 5.60 Å². The van der Waals surface area contributed by atoms with E-state index in [1.165, 1.54) is 5.57 Å². The molecular formula is C16H20BrNO2. The molecule has 0 aliphatic carbocycles. The van der Waals surface area contributed by atoms with E-state index in [2.05, 4.69) is 28.1 Å². The van der Waals surface area contributed by atoms with E-state index >= 15 is 0 Å². The maximum Gasteiger partial charge on any atom is 0.414 e. The molecule has 0 unspecified atom stereocenters. The first-order chi connectivity index (χ1) is 9.35. The van der Waals surface area contributed by atoms with Gasteiger partial charge in [0.05, 0.1) is 0 Å². The molecule has 2 rings (SSSR count). The molecule has 4 heteroatoms. The largest absolute Gasteiger partial charge is 0.443 e. The Bertz CT molecular complexity index is 532. The van der Waals surface area contributed by atoms with Crippen molar-refractivity contribution in [3.05, 3.63) is 40.5 Å². The van der Waals surface area contributed by atoms with Crippen LogP contribution in [0.25, 0.3) is 5.57 Å². The summed E-state index contributed by atoms with van der Waals surface area (Å²) in [6.45, 7) is 6.36. The summed E-state index contributed by atoms with van der Waals surface area (Å²) in [5.41, 5.74) is 1.86. The van der Waals surface area contributed by atoms with Crippen molar-refractivity contribution < 1.29 is 9.53 Å². The van der Waals surface area contributed by atoms with Gasteiger partial charge < -0.3 is 4.74 Å². The maximum absolute atomic E-state index is 12.1. The van der Waals surface area contributed by atoms with Crippen LogP contribution < -0.4 is 0 Å². The number of amides is 1. The molecule has 1 amide bonds. The summed E-state index contributed by atoms with van der Waals surface area (Å²) in [6, 6.07) is 8.14. The number of benzene rings is 1. The van der Waals surface area contributed by atoms with Crippen molar-refractivity contribution in [1.82, 2.24) is 4.90 Å². The van der Waals surface area contributed by atoms with E-state index in [1.54, 1.807) is 4.90 Å². The molecule has 0 spiro atoms. The van der Waals surface area contributed by atoms with E-state index in [4.69, 9.17) is 4.74 Å². The highest BCUT2D eigenvalue weighted by atomic mass is 79.9. The van der Waals surface area contributed by atoms with Gasteiger partial charge in [0.2, 0.25) is 0 Å². The van der Waals surface area contributed by atoms with Crippen molar-refractivity contribution in [2.24, 2.45) is 0 Å². The minimum Gasteiger partial charge on any atom is -0.443 e. The molecule has 0 aromatic heterocycles. The van der Waals surface area contributed by atoms with Crippen LogP contribution in [0.3, 0.4) is 0 Å². The molecule has 0 saturated carbocycles. The van der Waals surface area contributed by atoms with E-state index in [0.717, 1.165) is 22.9 Å². The van der Waals surface area contributed by atoms with Crippen molar-refractivity contribution in [1.29, 1.82) is 0 Å². The minimum absolute atomic E-state index is 0.273. The van der Waals surface area contributed by atoms with Gasteiger partial charge in [0.15, 0.2) is 0 Å². The number of hydrogen-bond acceptors (Lipinski definition) is 2. The van der Waals surface area contributed by atoms with E-state index in [1.807, 2.05) is 39.1 Å². The average Bonchev–Trinajstić information content (AvgIpc) is 2.37. The van der Waals surface area contributed by atoms with Gasteiger partial charge in [0, 0.05) is 17.2 Å². The Morgan fingerprint density at radius 3 is 2.75 bits per heavy atom. The van der Waals surface area contributed by atoms with Crippen LogP contribution in [0.5, 0.6) is 0 Å². The normalized spacial score (nSPS) is 15.8. The van der Waals surface area contributed by atoms with Gasteiger partial charge in [-0.05, 0) is 56.9 Å². The Hall–Kier alpha value is -1.29. The third-order valence-corrected chi connectivity index (χ3v) is 3.47. The summed E-state index contributed by atoms with van der Waals surface area (Å²) in [6.07, 6.45) is 3.58. The van der Waals surface area contributed by atoms with Crippen molar-refractivity contribution in [2.75, 3.05) is 6.54 Å². The van der Waals surface area contributed by atoms with Crippen LogP contribution in [0.4, 0.5) is 4.79 Å². The van der Waals surface area contributed by atoms with E-state index in [-0.39, 0.29) is 6.09 Å². The lowest BCUT2D eigenvalue weighted by Crippen LogP contribution is -2.35. The zero-order valence-corrected chi connectivity index (χ0v) is 13.7. The predicted octanol–water partition coefficient (Wildman–Crippen LogP) is 4.82. The standard InChI is InChI=1S/C16H20BrNO2/c1-16(2,3)20-15(19)18-9-5-7-13(11-18)12-6-4-8-14(17)10-12/h4,6,8,10-11H,5,7,9H2,1-3H3. The minimum atomic E-state index is -0.460. The van der Waals surface area contributed by atoms with Crippen molar-refractivity contribution in [3.8, 4) is 0 Å². The molecule has 0 atom stereocenters. The molecule has 0 N–H and O–H groups in total. The summed E-state index contributed by atoms with van der Waals surface area (Å²) in [4.78, 5) is 13.8. The lowest BCUT2D eigenvalue weighted by Gasteiger charge is -2.28. The Morgan fingerprint density at radius 2 is 2.10 bits per heavy atom. The molecule has 0 fully saturated rings. The molecule has 1 aliphatic rings.